The van der Waals surface area contributed by atoms with Crippen LogP contribution in [0.25, 0.3) is 11.3 Å². The van der Waals surface area contributed by atoms with Crippen LogP contribution in [0.1, 0.15) is 24.2 Å². The number of nitrogens with zero attached hydrogens (tertiary/aromatic N) is 3. The number of rotatable bonds is 7. The molecule has 0 radical (unpaired) electrons. The summed E-state index contributed by atoms with van der Waals surface area (Å²) in [7, 11) is 0. The fourth-order valence-corrected chi connectivity index (χ4v) is 2.96. The van der Waals surface area contributed by atoms with Crippen molar-refractivity contribution in [1.82, 2.24) is 14.7 Å². The first-order valence-corrected chi connectivity index (χ1v) is 9.48. The zero-order valence-corrected chi connectivity index (χ0v) is 16.4. The van der Waals surface area contributed by atoms with Gasteiger partial charge in [-0.25, -0.2) is 4.39 Å². The fourth-order valence-electron chi connectivity index (χ4n) is 2.96. The number of hydrogen-bond acceptors (Lipinski definition) is 3. The van der Waals surface area contributed by atoms with Crippen molar-refractivity contribution in [3.63, 3.8) is 0 Å². The van der Waals surface area contributed by atoms with Gasteiger partial charge < -0.3 is 10.2 Å². The van der Waals surface area contributed by atoms with Crippen molar-refractivity contribution in [3.8, 4) is 11.3 Å². The zero-order chi connectivity index (χ0) is 20.8. The van der Waals surface area contributed by atoms with Crippen LogP contribution in [0, 0.1) is 5.82 Å². The summed E-state index contributed by atoms with van der Waals surface area (Å²) in [6.45, 7) is 5.22. The molecule has 0 aliphatic rings. The second-order valence-electron chi connectivity index (χ2n) is 6.51. The number of amides is 2. The first-order valence-electron chi connectivity index (χ1n) is 9.48. The van der Waals surface area contributed by atoms with Crippen molar-refractivity contribution in [1.29, 1.82) is 0 Å². The molecule has 1 heterocycles. The lowest BCUT2D eigenvalue weighted by atomic mass is 10.1. The third-order valence-electron chi connectivity index (χ3n) is 4.55. The van der Waals surface area contributed by atoms with Crippen LogP contribution < -0.4 is 5.32 Å². The Morgan fingerprint density at radius 2 is 1.66 bits per heavy atom. The average Bonchev–Trinajstić information content (AvgIpc) is 3.18. The third-order valence-corrected chi connectivity index (χ3v) is 4.55. The minimum Gasteiger partial charge on any atom is -0.339 e. The van der Waals surface area contributed by atoms with Crippen LogP contribution in [0.4, 0.5) is 10.1 Å². The lowest BCUT2D eigenvalue weighted by Crippen LogP contribution is -2.30. The smallest absolute Gasteiger partial charge is 0.253 e. The van der Waals surface area contributed by atoms with Gasteiger partial charge in [0.1, 0.15) is 12.4 Å². The normalized spacial score (nSPS) is 10.6. The molecule has 0 fully saturated rings. The Balaban J connectivity index is 1.60. The van der Waals surface area contributed by atoms with Gasteiger partial charge in [-0.3, -0.25) is 14.3 Å². The van der Waals surface area contributed by atoms with E-state index in [1.807, 2.05) is 13.8 Å². The Kier molecular flexibility index (Phi) is 6.39. The summed E-state index contributed by atoms with van der Waals surface area (Å²) in [6.07, 6.45) is 1.70. The molecule has 0 saturated carbocycles. The molecule has 2 amide bonds. The summed E-state index contributed by atoms with van der Waals surface area (Å²) in [4.78, 5) is 26.4. The molecule has 0 atom stereocenters. The van der Waals surface area contributed by atoms with Gasteiger partial charge in [-0.15, -0.1) is 0 Å². The lowest BCUT2D eigenvalue weighted by Gasteiger charge is -2.18. The third kappa shape index (κ3) is 5.07. The molecular formula is C22H23FN4O2. The van der Waals surface area contributed by atoms with E-state index in [2.05, 4.69) is 10.4 Å². The van der Waals surface area contributed by atoms with Gasteiger partial charge in [0, 0.05) is 36.1 Å². The van der Waals surface area contributed by atoms with Gasteiger partial charge in [-0.05, 0) is 68.4 Å². The minimum atomic E-state index is -0.308. The van der Waals surface area contributed by atoms with Gasteiger partial charge in [-0.2, -0.15) is 5.10 Å². The second-order valence-corrected chi connectivity index (χ2v) is 6.51. The molecule has 0 spiro atoms. The molecule has 1 aromatic heterocycles. The van der Waals surface area contributed by atoms with Gasteiger partial charge in [0.15, 0.2) is 0 Å². The van der Waals surface area contributed by atoms with E-state index in [1.54, 1.807) is 53.6 Å². The molecule has 150 valence electrons. The number of halogens is 1. The Hall–Kier alpha value is -3.48. The van der Waals surface area contributed by atoms with Crippen LogP contribution in [0.3, 0.4) is 0 Å². The Bertz CT molecular complexity index is 977. The van der Waals surface area contributed by atoms with E-state index in [9.17, 15) is 14.0 Å². The molecular weight excluding hydrogens is 371 g/mol. The van der Waals surface area contributed by atoms with Gasteiger partial charge in [0.25, 0.3) is 5.91 Å². The molecule has 3 aromatic rings. The predicted octanol–water partition coefficient (Wildman–Crippen LogP) is 3.81. The standard InChI is InChI=1S/C22H23FN4O2/c1-3-26(4-2)22(29)17-7-11-19(12-8-17)24-21(28)15-27-14-13-20(25-27)16-5-9-18(23)10-6-16/h5-14H,3-4,15H2,1-2H3,(H,24,28). The van der Waals surface area contributed by atoms with Crippen LogP contribution >= 0.6 is 0 Å². The van der Waals surface area contributed by atoms with Gasteiger partial charge >= 0.3 is 0 Å². The van der Waals surface area contributed by atoms with E-state index in [1.165, 1.54) is 16.8 Å². The van der Waals surface area contributed by atoms with Crippen molar-refractivity contribution in [2.75, 3.05) is 18.4 Å². The molecule has 1 N–H and O–H groups in total. The highest BCUT2D eigenvalue weighted by atomic mass is 19.1. The first-order chi connectivity index (χ1) is 14.0. The molecule has 0 aliphatic heterocycles. The minimum absolute atomic E-state index is 0.0299. The molecule has 0 aliphatic carbocycles. The average molecular weight is 394 g/mol. The highest BCUT2D eigenvalue weighted by Crippen LogP contribution is 2.17. The van der Waals surface area contributed by atoms with E-state index in [4.69, 9.17) is 0 Å². The summed E-state index contributed by atoms with van der Waals surface area (Å²) >= 11 is 0. The van der Waals surface area contributed by atoms with Crippen LogP contribution in [0.2, 0.25) is 0 Å². The maximum atomic E-state index is 13.0. The molecule has 7 heteroatoms. The van der Waals surface area contributed by atoms with E-state index < -0.39 is 0 Å². The molecule has 6 nitrogen and oxygen atoms in total. The summed E-state index contributed by atoms with van der Waals surface area (Å²) in [5, 5.41) is 7.15. The second kappa shape index (κ2) is 9.14. The monoisotopic (exact) mass is 394 g/mol. The number of hydrogen-bond donors (Lipinski definition) is 1. The molecule has 0 saturated heterocycles. The first kappa shape index (κ1) is 20.3. The lowest BCUT2D eigenvalue weighted by molar-refractivity contribution is -0.116. The summed E-state index contributed by atoms with van der Waals surface area (Å²) in [5.74, 6) is -0.573. The number of nitrogens with one attached hydrogen (secondary N) is 1. The van der Waals surface area contributed by atoms with E-state index in [0.717, 1.165) is 5.56 Å². The topological polar surface area (TPSA) is 67.2 Å². The molecule has 29 heavy (non-hydrogen) atoms. The molecule has 2 aromatic carbocycles. The molecule has 0 unspecified atom stereocenters. The Morgan fingerprint density at radius 3 is 2.28 bits per heavy atom. The van der Waals surface area contributed by atoms with Gasteiger partial charge in [0.2, 0.25) is 5.91 Å². The van der Waals surface area contributed by atoms with Crippen molar-refractivity contribution in [2.45, 2.75) is 20.4 Å². The van der Waals surface area contributed by atoms with E-state index in [0.29, 0.717) is 30.0 Å². The number of carbonyl (C=O) groups is 2. The number of benzene rings is 2. The zero-order valence-electron chi connectivity index (χ0n) is 16.4. The van der Waals surface area contributed by atoms with Crippen molar-refractivity contribution in [3.05, 3.63) is 72.2 Å². The van der Waals surface area contributed by atoms with Crippen molar-refractivity contribution < 1.29 is 14.0 Å². The van der Waals surface area contributed by atoms with Crippen LogP contribution in [0.5, 0.6) is 0 Å². The maximum Gasteiger partial charge on any atom is 0.253 e. The van der Waals surface area contributed by atoms with Gasteiger partial charge in [-0.1, -0.05) is 0 Å². The van der Waals surface area contributed by atoms with Crippen molar-refractivity contribution in [2.24, 2.45) is 0 Å². The molecule has 3 rings (SSSR count). The van der Waals surface area contributed by atoms with E-state index in [-0.39, 0.29) is 24.2 Å². The quantitative estimate of drug-likeness (QED) is 0.663. The highest BCUT2D eigenvalue weighted by Gasteiger charge is 2.12. The van der Waals surface area contributed by atoms with Gasteiger partial charge in [0.05, 0.1) is 5.69 Å². The Morgan fingerprint density at radius 1 is 1.00 bits per heavy atom. The summed E-state index contributed by atoms with van der Waals surface area (Å²) in [6, 6.07) is 14.6. The van der Waals surface area contributed by atoms with Crippen LogP contribution in [0.15, 0.2) is 60.8 Å². The maximum absolute atomic E-state index is 13.0. The SMILES string of the molecule is CCN(CC)C(=O)c1ccc(NC(=O)Cn2ccc(-c3ccc(F)cc3)n2)cc1. The number of aromatic nitrogens is 2. The van der Waals surface area contributed by atoms with Crippen LogP contribution in [-0.2, 0) is 11.3 Å². The molecule has 0 bridgehead atoms. The largest absolute Gasteiger partial charge is 0.339 e. The summed E-state index contributed by atoms with van der Waals surface area (Å²) in [5.41, 5.74) is 2.64. The number of carbonyl (C=O) groups excluding carboxylic acids is 2. The van der Waals surface area contributed by atoms with Crippen molar-refractivity contribution >= 4 is 17.5 Å². The predicted molar refractivity (Wildman–Crippen MR) is 110 cm³/mol. The van der Waals surface area contributed by atoms with E-state index >= 15 is 0 Å². The summed E-state index contributed by atoms with van der Waals surface area (Å²) < 4.78 is 14.6. The fraction of sp³-hybridized carbons (Fsp3) is 0.227. The highest BCUT2D eigenvalue weighted by molar-refractivity contribution is 5.95. The van der Waals surface area contributed by atoms with Crippen LogP contribution in [-0.4, -0.2) is 39.6 Å². The number of anilines is 1. The Labute approximate surface area is 169 Å².